The summed E-state index contributed by atoms with van der Waals surface area (Å²) in [5.41, 5.74) is 3.01. The van der Waals surface area contributed by atoms with Gasteiger partial charge in [-0.2, -0.15) is 0 Å². The molecule has 0 aliphatic heterocycles. The quantitative estimate of drug-likeness (QED) is 0.460. The minimum absolute atomic E-state index is 0.0267. The lowest BCUT2D eigenvalue weighted by molar-refractivity contribution is -0.114. The van der Waals surface area contributed by atoms with Gasteiger partial charge in [-0.1, -0.05) is 12.1 Å². The van der Waals surface area contributed by atoms with Crippen LogP contribution in [0.25, 0.3) is 10.8 Å². The fourth-order valence-electron chi connectivity index (χ4n) is 3.11. The Hall–Kier alpha value is -4.06. The molecular weight excluding hydrogens is 376 g/mol. The second-order valence-electron chi connectivity index (χ2n) is 6.88. The van der Waals surface area contributed by atoms with E-state index >= 15 is 0 Å². The molecular formula is C24H20N4O2. The van der Waals surface area contributed by atoms with Crippen LogP contribution in [0.15, 0.2) is 85.5 Å². The van der Waals surface area contributed by atoms with Crippen molar-refractivity contribution in [2.45, 2.75) is 6.42 Å². The predicted molar refractivity (Wildman–Crippen MR) is 118 cm³/mol. The van der Waals surface area contributed by atoms with E-state index in [4.69, 9.17) is 0 Å². The first-order chi connectivity index (χ1) is 14.7. The van der Waals surface area contributed by atoms with Crippen LogP contribution in [0, 0.1) is 0 Å². The van der Waals surface area contributed by atoms with Gasteiger partial charge in [0.05, 0.1) is 6.54 Å². The number of Topliss-reactive ketones (excluding diaryl/α,β-unsaturated/α-hetero) is 1. The highest BCUT2D eigenvalue weighted by Gasteiger charge is 2.08. The van der Waals surface area contributed by atoms with Crippen molar-refractivity contribution in [3.05, 3.63) is 96.6 Å². The largest absolute Gasteiger partial charge is 0.376 e. The standard InChI is InChI=1S/C24H20N4O2/c29-23(12-17-2-1-10-25-14-17)18-3-6-21(7-4-18)27-16-24(30)28-22-8-5-20-15-26-11-9-19(20)13-22/h1-11,13-15,27H,12,16H2,(H,28,30). The fourth-order valence-corrected chi connectivity index (χ4v) is 3.11. The summed E-state index contributed by atoms with van der Waals surface area (Å²) in [7, 11) is 0. The van der Waals surface area contributed by atoms with Crippen molar-refractivity contribution in [2.75, 3.05) is 17.2 Å². The number of carbonyl (C=O) groups excluding carboxylic acids is 2. The van der Waals surface area contributed by atoms with Gasteiger partial charge in [-0.15, -0.1) is 0 Å². The van der Waals surface area contributed by atoms with E-state index in [2.05, 4.69) is 20.6 Å². The average Bonchev–Trinajstić information content (AvgIpc) is 2.78. The molecule has 2 aromatic carbocycles. The van der Waals surface area contributed by atoms with E-state index in [1.807, 2.05) is 36.4 Å². The number of hydrogen-bond acceptors (Lipinski definition) is 5. The number of benzene rings is 2. The Morgan fingerprint density at radius 2 is 1.60 bits per heavy atom. The molecule has 0 saturated heterocycles. The number of nitrogens with zero attached hydrogens (tertiary/aromatic N) is 2. The normalized spacial score (nSPS) is 10.5. The molecule has 0 fully saturated rings. The maximum Gasteiger partial charge on any atom is 0.243 e. The first-order valence-electron chi connectivity index (χ1n) is 9.57. The van der Waals surface area contributed by atoms with Crippen LogP contribution < -0.4 is 10.6 Å². The van der Waals surface area contributed by atoms with Crippen LogP contribution in [0.3, 0.4) is 0 Å². The second kappa shape index (κ2) is 8.96. The number of fused-ring (bicyclic) bond motifs is 1. The number of amides is 1. The lowest BCUT2D eigenvalue weighted by atomic mass is 10.0. The highest BCUT2D eigenvalue weighted by molar-refractivity contribution is 5.98. The van der Waals surface area contributed by atoms with Crippen LogP contribution in [-0.2, 0) is 11.2 Å². The third kappa shape index (κ3) is 4.86. The van der Waals surface area contributed by atoms with Gasteiger partial charge >= 0.3 is 0 Å². The van der Waals surface area contributed by atoms with Crippen LogP contribution in [-0.4, -0.2) is 28.2 Å². The fraction of sp³-hybridized carbons (Fsp3) is 0.0833. The van der Waals surface area contributed by atoms with E-state index in [0.29, 0.717) is 12.0 Å². The molecule has 2 aromatic heterocycles. The minimum atomic E-state index is -0.153. The van der Waals surface area contributed by atoms with Crippen LogP contribution in [0.5, 0.6) is 0 Å². The summed E-state index contributed by atoms with van der Waals surface area (Å²) in [5.74, 6) is -0.126. The van der Waals surface area contributed by atoms with Gasteiger partial charge in [0.1, 0.15) is 0 Å². The van der Waals surface area contributed by atoms with Gasteiger partial charge in [-0.3, -0.25) is 19.6 Å². The number of rotatable bonds is 7. The molecule has 30 heavy (non-hydrogen) atoms. The van der Waals surface area contributed by atoms with Crippen molar-refractivity contribution in [3.63, 3.8) is 0 Å². The van der Waals surface area contributed by atoms with Crippen molar-refractivity contribution in [2.24, 2.45) is 0 Å². The smallest absolute Gasteiger partial charge is 0.243 e. The van der Waals surface area contributed by atoms with Crippen LogP contribution in [0.4, 0.5) is 11.4 Å². The monoisotopic (exact) mass is 396 g/mol. The molecule has 6 nitrogen and oxygen atoms in total. The molecule has 0 radical (unpaired) electrons. The minimum Gasteiger partial charge on any atom is -0.376 e. The lowest BCUT2D eigenvalue weighted by Gasteiger charge is -2.09. The second-order valence-corrected chi connectivity index (χ2v) is 6.88. The van der Waals surface area contributed by atoms with Gasteiger partial charge in [0.25, 0.3) is 0 Å². The molecule has 2 heterocycles. The van der Waals surface area contributed by atoms with E-state index in [1.54, 1.807) is 49.1 Å². The van der Waals surface area contributed by atoms with E-state index < -0.39 is 0 Å². The molecule has 0 aliphatic rings. The van der Waals surface area contributed by atoms with Crippen LogP contribution in [0.1, 0.15) is 15.9 Å². The topological polar surface area (TPSA) is 84.0 Å². The van der Waals surface area contributed by atoms with Crippen molar-refractivity contribution in [3.8, 4) is 0 Å². The van der Waals surface area contributed by atoms with E-state index in [-0.39, 0.29) is 18.2 Å². The zero-order valence-electron chi connectivity index (χ0n) is 16.2. The molecule has 0 unspecified atom stereocenters. The zero-order valence-corrected chi connectivity index (χ0v) is 16.2. The van der Waals surface area contributed by atoms with Crippen molar-refractivity contribution in [1.82, 2.24) is 9.97 Å². The summed E-state index contributed by atoms with van der Waals surface area (Å²) in [6.07, 6.45) is 7.19. The van der Waals surface area contributed by atoms with Crippen LogP contribution in [0.2, 0.25) is 0 Å². The van der Waals surface area contributed by atoms with Crippen molar-refractivity contribution >= 4 is 33.8 Å². The Morgan fingerprint density at radius 1 is 0.800 bits per heavy atom. The van der Waals surface area contributed by atoms with Gasteiger partial charge in [-0.25, -0.2) is 0 Å². The molecule has 4 aromatic rings. The lowest BCUT2D eigenvalue weighted by Crippen LogP contribution is -2.21. The summed E-state index contributed by atoms with van der Waals surface area (Å²) in [6.45, 7) is 0.122. The maximum absolute atomic E-state index is 12.4. The van der Waals surface area contributed by atoms with Gasteiger partial charge in [0.2, 0.25) is 5.91 Å². The summed E-state index contributed by atoms with van der Waals surface area (Å²) in [4.78, 5) is 32.7. The Kier molecular flexibility index (Phi) is 5.75. The average molecular weight is 396 g/mol. The maximum atomic E-state index is 12.4. The summed E-state index contributed by atoms with van der Waals surface area (Å²) >= 11 is 0. The highest BCUT2D eigenvalue weighted by Crippen LogP contribution is 2.18. The molecule has 0 spiro atoms. The first kappa shape index (κ1) is 19.3. The van der Waals surface area contributed by atoms with Gasteiger partial charge in [0.15, 0.2) is 5.78 Å². The molecule has 2 N–H and O–H groups in total. The van der Waals surface area contributed by atoms with Gasteiger partial charge < -0.3 is 10.6 Å². The third-order valence-corrected chi connectivity index (χ3v) is 4.67. The first-order valence-corrected chi connectivity index (χ1v) is 9.57. The Labute approximate surface area is 174 Å². The molecule has 0 bridgehead atoms. The molecule has 4 rings (SSSR count). The summed E-state index contributed by atoms with van der Waals surface area (Å²) in [5, 5.41) is 7.99. The number of anilines is 2. The number of nitrogens with one attached hydrogen (secondary N) is 2. The predicted octanol–water partition coefficient (Wildman–Crippen LogP) is 4.11. The molecule has 1 amide bonds. The zero-order chi connectivity index (χ0) is 20.8. The molecule has 148 valence electrons. The van der Waals surface area contributed by atoms with Crippen molar-refractivity contribution in [1.29, 1.82) is 0 Å². The number of carbonyl (C=O) groups is 2. The Balaban J connectivity index is 1.31. The SMILES string of the molecule is O=C(CNc1ccc(C(=O)Cc2cccnc2)cc1)Nc1ccc2cnccc2c1. The van der Waals surface area contributed by atoms with E-state index in [1.165, 1.54) is 0 Å². The number of pyridine rings is 2. The van der Waals surface area contributed by atoms with E-state index in [0.717, 1.165) is 27.7 Å². The molecule has 6 heteroatoms. The molecule has 0 saturated carbocycles. The van der Waals surface area contributed by atoms with Crippen molar-refractivity contribution < 1.29 is 9.59 Å². The number of hydrogen-bond donors (Lipinski definition) is 2. The number of ketones is 1. The Bertz CT molecular complexity index is 1170. The summed E-state index contributed by atoms with van der Waals surface area (Å²) < 4.78 is 0. The highest BCUT2D eigenvalue weighted by atomic mass is 16.2. The van der Waals surface area contributed by atoms with Gasteiger partial charge in [0, 0.05) is 53.5 Å². The van der Waals surface area contributed by atoms with E-state index in [9.17, 15) is 9.59 Å². The molecule has 0 atom stereocenters. The van der Waals surface area contributed by atoms with Crippen LogP contribution >= 0.6 is 0 Å². The Morgan fingerprint density at radius 3 is 2.40 bits per heavy atom. The summed E-state index contributed by atoms with van der Waals surface area (Å²) in [6, 6.07) is 18.4. The molecule has 0 aliphatic carbocycles. The van der Waals surface area contributed by atoms with Gasteiger partial charge in [-0.05, 0) is 59.5 Å². The third-order valence-electron chi connectivity index (χ3n) is 4.67. The number of aromatic nitrogens is 2.